The zero-order valence-corrected chi connectivity index (χ0v) is 6.15. The Labute approximate surface area is 55.2 Å². The molecule has 0 aromatic carbocycles. The van der Waals surface area contributed by atoms with Gasteiger partial charge in [0, 0.05) is 7.05 Å². The summed E-state index contributed by atoms with van der Waals surface area (Å²) in [7, 11) is -3.12. The van der Waals surface area contributed by atoms with Crippen LogP contribution < -0.4 is 5.14 Å². The Balaban J connectivity index is 4.43. The van der Waals surface area contributed by atoms with Crippen LogP contribution in [0.4, 0.5) is 0 Å². The van der Waals surface area contributed by atoms with Crippen LogP contribution in [0.25, 0.3) is 0 Å². The zero-order chi connectivity index (χ0) is 7.65. The fraction of sp³-hybridized carbons (Fsp3) is 1.00. The van der Waals surface area contributed by atoms with E-state index in [-0.39, 0.29) is 3.71 Å². The van der Waals surface area contributed by atoms with Gasteiger partial charge in [-0.2, -0.15) is 8.42 Å². The van der Waals surface area contributed by atoms with Crippen LogP contribution in [0, 0.1) is 0 Å². The molecule has 1 atom stereocenters. The van der Waals surface area contributed by atoms with Crippen molar-refractivity contribution in [3.63, 3.8) is 0 Å². The number of nitrogens with two attached hydrogens (primary N) is 1. The molecule has 56 valence electrons. The van der Waals surface area contributed by atoms with Crippen LogP contribution in [-0.4, -0.2) is 27.9 Å². The molecule has 0 aliphatic heterocycles. The summed E-state index contributed by atoms with van der Waals surface area (Å²) in [6.45, 7) is 0. The summed E-state index contributed by atoms with van der Waals surface area (Å²) < 4.78 is 38.4. The molecule has 3 N–H and O–H groups in total. The van der Waals surface area contributed by atoms with E-state index in [0.717, 1.165) is 7.05 Å². The van der Waals surface area contributed by atoms with Crippen LogP contribution in [-0.2, 0) is 21.5 Å². The SMILES string of the molecule is CN(S(=O)O)S(N)(=O)=O. The van der Waals surface area contributed by atoms with Gasteiger partial charge in [0.05, 0.1) is 0 Å². The lowest BCUT2D eigenvalue weighted by atomic mass is 11.6. The quantitative estimate of drug-likeness (QED) is 0.485. The molecule has 0 spiro atoms. The van der Waals surface area contributed by atoms with E-state index in [9.17, 15) is 12.6 Å². The molecule has 0 amide bonds. The van der Waals surface area contributed by atoms with Gasteiger partial charge in [0.2, 0.25) is 11.3 Å². The number of hydrogen-bond donors (Lipinski definition) is 2. The Morgan fingerprint density at radius 2 is 2.00 bits per heavy atom. The highest BCUT2D eigenvalue weighted by atomic mass is 32.3. The van der Waals surface area contributed by atoms with E-state index in [4.69, 9.17) is 4.55 Å². The van der Waals surface area contributed by atoms with Crippen molar-refractivity contribution < 1.29 is 17.2 Å². The lowest BCUT2D eigenvalue weighted by Gasteiger charge is -2.05. The third kappa shape index (κ3) is 2.87. The maximum Gasteiger partial charge on any atom is 0.289 e. The minimum Gasteiger partial charge on any atom is -0.293 e. The molecular formula is CH6N2O4S2. The summed E-state index contributed by atoms with van der Waals surface area (Å²) in [5.74, 6) is 0. The predicted molar refractivity (Wildman–Crippen MR) is 31.6 cm³/mol. The van der Waals surface area contributed by atoms with Gasteiger partial charge < -0.3 is 0 Å². The minimum absolute atomic E-state index is 0.132. The highest BCUT2D eigenvalue weighted by molar-refractivity contribution is 7.97. The van der Waals surface area contributed by atoms with Crippen molar-refractivity contribution in [2.24, 2.45) is 5.14 Å². The largest absolute Gasteiger partial charge is 0.293 e. The Bertz CT molecular complexity index is 207. The lowest BCUT2D eigenvalue weighted by molar-refractivity contribution is 0.505. The molecule has 0 saturated heterocycles. The Hall–Kier alpha value is -0.0200. The van der Waals surface area contributed by atoms with Gasteiger partial charge in [-0.15, -0.1) is 0 Å². The maximum absolute atomic E-state index is 10.1. The van der Waals surface area contributed by atoms with Crippen LogP contribution in [0.3, 0.4) is 0 Å². The molecule has 6 nitrogen and oxygen atoms in total. The van der Waals surface area contributed by atoms with Gasteiger partial charge in [-0.25, -0.2) is 9.35 Å². The van der Waals surface area contributed by atoms with E-state index in [1.54, 1.807) is 0 Å². The Kier molecular flexibility index (Phi) is 2.70. The lowest BCUT2D eigenvalue weighted by Crippen LogP contribution is -2.34. The van der Waals surface area contributed by atoms with Gasteiger partial charge in [0.25, 0.3) is 10.2 Å². The first-order valence-corrected chi connectivity index (χ1v) is 4.30. The van der Waals surface area contributed by atoms with Crippen LogP contribution in [0.1, 0.15) is 0 Å². The minimum atomic E-state index is -4.02. The molecule has 0 aromatic rings. The van der Waals surface area contributed by atoms with E-state index in [1.807, 2.05) is 0 Å². The number of nitrogens with zero attached hydrogens (tertiary/aromatic N) is 1. The number of rotatable bonds is 2. The van der Waals surface area contributed by atoms with Crippen LogP contribution in [0.2, 0.25) is 0 Å². The van der Waals surface area contributed by atoms with Crippen molar-refractivity contribution in [2.75, 3.05) is 7.05 Å². The molecule has 0 bridgehead atoms. The zero-order valence-electron chi connectivity index (χ0n) is 4.51. The molecule has 1 unspecified atom stereocenters. The van der Waals surface area contributed by atoms with Gasteiger partial charge >= 0.3 is 0 Å². The van der Waals surface area contributed by atoms with Crippen molar-refractivity contribution in [3.05, 3.63) is 0 Å². The standard InChI is InChI=1S/CH6N2O4S2/c1-3(8(4)5)9(2,6)7/h1H3,(H,4,5)(H2,2,6,7). The van der Waals surface area contributed by atoms with Crippen molar-refractivity contribution in [3.8, 4) is 0 Å². The fourth-order valence-corrected chi connectivity index (χ4v) is 0.800. The Morgan fingerprint density at radius 1 is 1.67 bits per heavy atom. The van der Waals surface area contributed by atoms with E-state index < -0.39 is 21.5 Å². The number of hydrogen-bond acceptors (Lipinski definition) is 3. The van der Waals surface area contributed by atoms with Gasteiger partial charge in [0.15, 0.2) is 0 Å². The van der Waals surface area contributed by atoms with Crippen molar-refractivity contribution in [2.45, 2.75) is 0 Å². The third-order valence-corrected chi connectivity index (χ3v) is 2.74. The van der Waals surface area contributed by atoms with Crippen LogP contribution >= 0.6 is 0 Å². The summed E-state index contributed by atoms with van der Waals surface area (Å²) >= 11 is -2.56. The topological polar surface area (TPSA) is 101 Å². The second-order valence-electron chi connectivity index (χ2n) is 1.19. The molecule has 0 aliphatic rings. The third-order valence-electron chi connectivity index (χ3n) is 0.578. The predicted octanol–water partition coefficient (Wildman–Crippen LogP) is -1.74. The molecule has 0 aromatic heterocycles. The van der Waals surface area contributed by atoms with E-state index in [1.165, 1.54) is 0 Å². The second kappa shape index (κ2) is 2.71. The van der Waals surface area contributed by atoms with Gasteiger partial charge in [-0.05, 0) is 0 Å². The summed E-state index contributed by atoms with van der Waals surface area (Å²) in [4.78, 5) is 0. The molecule has 0 radical (unpaired) electrons. The van der Waals surface area contributed by atoms with E-state index >= 15 is 0 Å². The summed E-state index contributed by atoms with van der Waals surface area (Å²) in [6, 6.07) is 0. The molecule has 0 rings (SSSR count). The smallest absolute Gasteiger partial charge is 0.289 e. The van der Waals surface area contributed by atoms with Gasteiger partial charge in [-0.3, -0.25) is 4.55 Å². The molecule has 8 heteroatoms. The normalized spacial score (nSPS) is 16.0. The fourth-order valence-electron chi connectivity index (χ4n) is 0.0889. The average Bonchev–Trinajstić information content (AvgIpc) is 1.62. The first-order valence-electron chi connectivity index (χ1n) is 1.73. The first-order chi connectivity index (χ1) is 3.85. The summed E-state index contributed by atoms with van der Waals surface area (Å²) in [6.07, 6.45) is 0. The van der Waals surface area contributed by atoms with Gasteiger partial charge in [-0.1, -0.05) is 3.71 Å². The average molecular weight is 174 g/mol. The highest BCUT2D eigenvalue weighted by Crippen LogP contribution is 1.90. The first kappa shape index (κ1) is 8.98. The van der Waals surface area contributed by atoms with Crippen LogP contribution in [0.5, 0.6) is 0 Å². The van der Waals surface area contributed by atoms with Crippen molar-refractivity contribution in [1.82, 2.24) is 3.71 Å². The summed E-state index contributed by atoms with van der Waals surface area (Å²) in [5.41, 5.74) is 0. The van der Waals surface area contributed by atoms with Gasteiger partial charge in [0.1, 0.15) is 0 Å². The monoisotopic (exact) mass is 174 g/mol. The molecule has 0 aliphatic carbocycles. The second-order valence-corrected chi connectivity index (χ2v) is 4.00. The van der Waals surface area contributed by atoms with Crippen molar-refractivity contribution >= 4 is 21.5 Å². The van der Waals surface area contributed by atoms with E-state index in [0.29, 0.717) is 0 Å². The molecule has 0 saturated carbocycles. The highest BCUT2D eigenvalue weighted by Gasteiger charge is 2.16. The molecular weight excluding hydrogens is 168 g/mol. The molecule has 0 fully saturated rings. The van der Waals surface area contributed by atoms with Crippen molar-refractivity contribution in [1.29, 1.82) is 0 Å². The molecule has 0 heterocycles. The van der Waals surface area contributed by atoms with E-state index in [2.05, 4.69) is 5.14 Å². The Morgan fingerprint density at radius 3 is 2.00 bits per heavy atom. The van der Waals surface area contributed by atoms with Crippen LogP contribution in [0.15, 0.2) is 0 Å². The maximum atomic E-state index is 10.1. The molecule has 9 heavy (non-hydrogen) atoms. The summed E-state index contributed by atoms with van der Waals surface area (Å²) in [5, 5.41) is 4.42.